The minimum absolute atomic E-state index is 0.112. The Morgan fingerprint density at radius 2 is 2.24 bits per heavy atom. The van der Waals surface area contributed by atoms with Gasteiger partial charge >= 0.3 is 5.82 Å². The summed E-state index contributed by atoms with van der Waals surface area (Å²) in [5.74, 6) is -0.112. The van der Waals surface area contributed by atoms with Crippen molar-refractivity contribution in [3.05, 3.63) is 51.7 Å². The number of hydrogen-bond acceptors (Lipinski definition) is 4. The highest BCUT2D eigenvalue weighted by atomic mass is 16.6. The number of aromatic amines is 1. The molecule has 0 radical (unpaired) electrons. The average molecular weight is 232 g/mol. The highest BCUT2D eigenvalue weighted by molar-refractivity contribution is 5.55. The van der Waals surface area contributed by atoms with E-state index in [4.69, 9.17) is 0 Å². The summed E-state index contributed by atoms with van der Waals surface area (Å²) in [6.07, 6.45) is 1.41. The molecule has 1 heterocycles. The summed E-state index contributed by atoms with van der Waals surface area (Å²) in [5.41, 5.74) is 2.65. The van der Waals surface area contributed by atoms with Gasteiger partial charge in [0.1, 0.15) is 6.20 Å². The van der Waals surface area contributed by atoms with Crippen LogP contribution in [0.4, 0.5) is 11.5 Å². The molecule has 1 aromatic heterocycles. The van der Waals surface area contributed by atoms with Gasteiger partial charge in [-0.2, -0.15) is 0 Å². The van der Waals surface area contributed by atoms with E-state index < -0.39 is 4.92 Å². The Morgan fingerprint density at radius 3 is 2.94 bits per heavy atom. The Morgan fingerprint density at radius 1 is 1.47 bits per heavy atom. The van der Waals surface area contributed by atoms with E-state index in [9.17, 15) is 10.1 Å². The molecule has 1 aromatic carbocycles. The van der Waals surface area contributed by atoms with E-state index in [0.717, 1.165) is 11.1 Å². The summed E-state index contributed by atoms with van der Waals surface area (Å²) >= 11 is 0. The first kappa shape index (κ1) is 11.1. The summed E-state index contributed by atoms with van der Waals surface area (Å²) in [4.78, 5) is 10.2. The molecule has 6 nitrogen and oxygen atoms in total. The fraction of sp³-hybridized carbons (Fsp3) is 0.182. The molecule has 0 aliphatic rings. The number of benzene rings is 1. The lowest BCUT2D eigenvalue weighted by Gasteiger charge is -2.06. The summed E-state index contributed by atoms with van der Waals surface area (Å²) in [6.45, 7) is 2.54. The minimum atomic E-state index is -0.493. The normalized spacial score (nSPS) is 10.2. The minimum Gasteiger partial charge on any atom is -0.373 e. The van der Waals surface area contributed by atoms with Crippen molar-refractivity contribution in [1.29, 1.82) is 0 Å². The van der Waals surface area contributed by atoms with Crippen LogP contribution in [0.1, 0.15) is 11.1 Å². The van der Waals surface area contributed by atoms with E-state index in [1.54, 1.807) is 0 Å². The van der Waals surface area contributed by atoms with Gasteiger partial charge in [0.25, 0.3) is 0 Å². The summed E-state index contributed by atoms with van der Waals surface area (Å²) in [7, 11) is 0. The molecule has 0 atom stereocenters. The molecule has 0 saturated carbocycles. The molecule has 0 spiro atoms. The SMILES string of the molecule is Cc1ccccc1CNc1cn[nH]c1[N+](=O)[O-]. The third-order valence-corrected chi connectivity index (χ3v) is 2.53. The lowest BCUT2D eigenvalue weighted by Crippen LogP contribution is -2.02. The molecule has 2 N–H and O–H groups in total. The van der Waals surface area contributed by atoms with Crippen LogP contribution in [0.3, 0.4) is 0 Å². The monoisotopic (exact) mass is 232 g/mol. The predicted octanol–water partition coefficient (Wildman–Crippen LogP) is 2.24. The molecule has 88 valence electrons. The Balaban J connectivity index is 2.10. The van der Waals surface area contributed by atoms with E-state index in [0.29, 0.717) is 12.2 Å². The van der Waals surface area contributed by atoms with Gasteiger partial charge in [0.2, 0.25) is 0 Å². The van der Waals surface area contributed by atoms with Gasteiger partial charge in [-0.25, -0.2) is 0 Å². The van der Waals surface area contributed by atoms with Crippen LogP contribution >= 0.6 is 0 Å². The van der Waals surface area contributed by atoms with Gasteiger partial charge in [0.05, 0.1) is 0 Å². The Bertz CT molecular complexity index is 536. The summed E-state index contributed by atoms with van der Waals surface area (Å²) in [5, 5.41) is 19.6. The van der Waals surface area contributed by atoms with Gasteiger partial charge in [0, 0.05) is 6.54 Å². The standard InChI is InChI=1S/C11H12N4O2/c1-8-4-2-3-5-9(8)6-12-10-7-13-14-11(10)15(16)17/h2-5,7,12H,6H2,1H3,(H,13,14). The van der Waals surface area contributed by atoms with Crippen LogP contribution in [0.15, 0.2) is 30.5 Å². The number of anilines is 1. The van der Waals surface area contributed by atoms with Crippen molar-refractivity contribution in [2.45, 2.75) is 13.5 Å². The third-order valence-electron chi connectivity index (χ3n) is 2.53. The van der Waals surface area contributed by atoms with Crippen molar-refractivity contribution < 1.29 is 4.92 Å². The van der Waals surface area contributed by atoms with Gasteiger partial charge in [-0.05, 0) is 23.0 Å². The van der Waals surface area contributed by atoms with E-state index in [2.05, 4.69) is 15.5 Å². The second-order valence-corrected chi connectivity index (χ2v) is 3.67. The zero-order valence-electron chi connectivity index (χ0n) is 9.30. The van der Waals surface area contributed by atoms with Crippen LogP contribution in [0.2, 0.25) is 0 Å². The van der Waals surface area contributed by atoms with Crippen molar-refractivity contribution in [2.75, 3.05) is 5.32 Å². The first-order valence-corrected chi connectivity index (χ1v) is 5.14. The lowest BCUT2D eigenvalue weighted by atomic mass is 10.1. The van der Waals surface area contributed by atoms with E-state index in [-0.39, 0.29) is 5.82 Å². The molecular formula is C11H12N4O2. The number of aryl methyl sites for hydroxylation is 1. The number of nitrogens with zero attached hydrogens (tertiary/aromatic N) is 2. The Hall–Kier alpha value is -2.37. The van der Waals surface area contributed by atoms with Gasteiger partial charge in [-0.3, -0.25) is 0 Å². The second kappa shape index (κ2) is 4.65. The highest BCUT2D eigenvalue weighted by Gasteiger charge is 2.14. The Labute approximate surface area is 97.8 Å². The first-order chi connectivity index (χ1) is 8.18. The number of aromatic nitrogens is 2. The fourth-order valence-corrected chi connectivity index (χ4v) is 1.55. The molecule has 17 heavy (non-hydrogen) atoms. The molecule has 2 aromatic rings. The van der Waals surface area contributed by atoms with Crippen molar-refractivity contribution in [1.82, 2.24) is 10.2 Å². The maximum Gasteiger partial charge on any atom is 0.366 e. The molecule has 0 aliphatic heterocycles. The van der Waals surface area contributed by atoms with E-state index in [1.807, 2.05) is 31.2 Å². The van der Waals surface area contributed by atoms with Gasteiger partial charge < -0.3 is 15.4 Å². The highest BCUT2D eigenvalue weighted by Crippen LogP contribution is 2.20. The van der Waals surface area contributed by atoms with E-state index in [1.165, 1.54) is 6.20 Å². The zero-order valence-corrected chi connectivity index (χ0v) is 9.30. The largest absolute Gasteiger partial charge is 0.373 e. The van der Waals surface area contributed by atoms with Crippen molar-refractivity contribution in [3.63, 3.8) is 0 Å². The molecule has 2 rings (SSSR count). The van der Waals surface area contributed by atoms with Crippen LogP contribution < -0.4 is 5.32 Å². The van der Waals surface area contributed by atoms with Crippen molar-refractivity contribution in [3.8, 4) is 0 Å². The fourth-order valence-electron chi connectivity index (χ4n) is 1.55. The van der Waals surface area contributed by atoms with Crippen LogP contribution in [-0.4, -0.2) is 15.1 Å². The lowest BCUT2D eigenvalue weighted by molar-refractivity contribution is -0.388. The van der Waals surface area contributed by atoms with Crippen molar-refractivity contribution in [2.24, 2.45) is 0 Å². The molecule has 0 fully saturated rings. The van der Waals surface area contributed by atoms with Crippen LogP contribution in [-0.2, 0) is 6.54 Å². The first-order valence-electron chi connectivity index (χ1n) is 5.14. The number of H-pyrrole nitrogens is 1. The zero-order chi connectivity index (χ0) is 12.3. The Kier molecular flexibility index (Phi) is 3.04. The number of hydrogen-bond donors (Lipinski definition) is 2. The predicted molar refractivity (Wildman–Crippen MR) is 63.7 cm³/mol. The number of rotatable bonds is 4. The van der Waals surface area contributed by atoms with Crippen LogP contribution in [0.5, 0.6) is 0 Å². The number of nitrogens with one attached hydrogen (secondary N) is 2. The third kappa shape index (κ3) is 2.41. The average Bonchev–Trinajstić information content (AvgIpc) is 2.76. The number of nitro groups is 1. The molecule has 6 heteroatoms. The maximum atomic E-state index is 10.7. The summed E-state index contributed by atoms with van der Waals surface area (Å²) < 4.78 is 0. The van der Waals surface area contributed by atoms with Crippen molar-refractivity contribution >= 4 is 11.5 Å². The molecule has 0 aliphatic carbocycles. The van der Waals surface area contributed by atoms with E-state index >= 15 is 0 Å². The molecule has 0 saturated heterocycles. The quantitative estimate of drug-likeness (QED) is 0.625. The maximum absolute atomic E-state index is 10.7. The van der Waals surface area contributed by atoms with Gasteiger partial charge in [0.15, 0.2) is 5.69 Å². The summed E-state index contributed by atoms with van der Waals surface area (Å²) in [6, 6.07) is 7.88. The topological polar surface area (TPSA) is 83.8 Å². The molecule has 0 amide bonds. The molecule has 0 unspecified atom stereocenters. The smallest absolute Gasteiger partial charge is 0.366 e. The van der Waals surface area contributed by atoms with Gasteiger partial charge in [-0.15, -0.1) is 5.10 Å². The van der Waals surface area contributed by atoms with Crippen LogP contribution in [0, 0.1) is 17.0 Å². The molecule has 0 bridgehead atoms. The van der Waals surface area contributed by atoms with Gasteiger partial charge in [-0.1, -0.05) is 29.4 Å². The van der Waals surface area contributed by atoms with Crippen LogP contribution in [0.25, 0.3) is 0 Å². The second-order valence-electron chi connectivity index (χ2n) is 3.67. The molecular weight excluding hydrogens is 220 g/mol.